The van der Waals surface area contributed by atoms with Gasteiger partial charge in [0.2, 0.25) is 5.91 Å². The van der Waals surface area contributed by atoms with Crippen LogP contribution in [0.2, 0.25) is 0 Å². The number of benzene rings is 1. The number of piperazine rings is 1. The molecule has 0 spiro atoms. The number of carboxylic acid groups (broad SMARTS) is 1. The van der Waals surface area contributed by atoms with E-state index in [4.69, 9.17) is 5.11 Å². The molecule has 1 aromatic carbocycles. The molecule has 22 heavy (non-hydrogen) atoms. The van der Waals surface area contributed by atoms with Crippen LogP contribution in [0.15, 0.2) is 30.3 Å². The van der Waals surface area contributed by atoms with Crippen LogP contribution >= 0.6 is 0 Å². The third-order valence-electron chi connectivity index (χ3n) is 4.07. The van der Waals surface area contributed by atoms with Crippen molar-refractivity contribution < 1.29 is 14.7 Å². The molecule has 1 saturated heterocycles. The molecule has 1 N–H and O–H groups in total. The molecule has 5 nitrogen and oxygen atoms in total. The van der Waals surface area contributed by atoms with Crippen molar-refractivity contribution in [3.8, 4) is 0 Å². The first-order chi connectivity index (χ1) is 10.6. The molecule has 0 aliphatic carbocycles. The second-order valence-electron chi connectivity index (χ2n) is 5.71. The van der Waals surface area contributed by atoms with Crippen LogP contribution in [-0.2, 0) is 16.0 Å². The average molecular weight is 304 g/mol. The van der Waals surface area contributed by atoms with Crippen molar-refractivity contribution in [1.29, 1.82) is 0 Å². The molecule has 0 aromatic heterocycles. The van der Waals surface area contributed by atoms with Crippen LogP contribution < -0.4 is 0 Å². The van der Waals surface area contributed by atoms with Gasteiger partial charge in [0.1, 0.15) is 0 Å². The highest BCUT2D eigenvalue weighted by molar-refractivity contribution is 5.76. The van der Waals surface area contributed by atoms with Crippen LogP contribution in [0.25, 0.3) is 0 Å². The summed E-state index contributed by atoms with van der Waals surface area (Å²) in [5.74, 6) is -0.548. The van der Waals surface area contributed by atoms with Crippen molar-refractivity contribution in [2.75, 3.05) is 32.7 Å². The summed E-state index contributed by atoms with van der Waals surface area (Å²) in [6.07, 6.45) is 2.57. The van der Waals surface area contributed by atoms with E-state index in [-0.39, 0.29) is 12.3 Å². The molecule has 0 bridgehead atoms. The summed E-state index contributed by atoms with van der Waals surface area (Å²) in [4.78, 5) is 26.8. The third-order valence-corrected chi connectivity index (χ3v) is 4.07. The fraction of sp³-hybridized carbons (Fsp3) is 0.529. The second kappa shape index (κ2) is 8.54. The van der Waals surface area contributed by atoms with E-state index in [0.29, 0.717) is 26.1 Å². The van der Waals surface area contributed by atoms with E-state index in [1.807, 2.05) is 23.1 Å². The minimum Gasteiger partial charge on any atom is -0.481 e. The zero-order valence-corrected chi connectivity index (χ0v) is 12.9. The number of rotatable bonds is 7. The normalized spacial score (nSPS) is 15.7. The van der Waals surface area contributed by atoms with Crippen LogP contribution in [0.5, 0.6) is 0 Å². The molecule has 2 rings (SSSR count). The number of aryl methyl sites for hydroxylation is 1. The smallest absolute Gasteiger partial charge is 0.304 e. The Hall–Kier alpha value is -1.88. The van der Waals surface area contributed by atoms with E-state index in [1.165, 1.54) is 5.56 Å². The van der Waals surface area contributed by atoms with Gasteiger partial charge in [0, 0.05) is 39.1 Å². The largest absolute Gasteiger partial charge is 0.481 e. The van der Waals surface area contributed by atoms with Crippen LogP contribution in [0.4, 0.5) is 0 Å². The summed E-state index contributed by atoms with van der Waals surface area (Å²) in [6.45, 7) is 3.55. The number of hydrogen-bond donors (Lipinski definition) is 1. The third kappa shape index (κ3) is 5.48. The quantitative estimate of drug-likeness (QED) is 0.832. The molecule has 1 fully saturated rings. The number of amides is 1. The maximum absolute atomic E-state index is 12.2. The lowest BCUT2D eigenvalue weighted by atomic mass is 10.1. The van der Waals surface area contributed by atoms with Gasteiger partial charge in [-0.25, -0.2) is 0 Å². The molecule has 0 saturated carbocycles. The molecule has 120 valence electrons. The Labute approximate surface area is 131 Å². The van der Waals surface area contributed by atoms with Crippen molar-refractivity contribution in [1.82, 2.24) is 9.80 Å². The first-order valence-electron chi connectivity index (χ1n) is 7.91. The lowest BCUT2D eigenvalue weighted by Crippen LogP contribution is -2.49. The zero-order chi connectivity index (χ0) is 15.8. The van der Waals surface area contributed by atoms with Gasteiger partial charge in [-0.15, -0.1) is 0 Å². The molecular formula is C17H24N2O3. The Morgan fingerprint density at radius 2 is 1.68 bits per heavy atom. The van der Waals surface area contributed by atoms with Crippen LogP contribution in [0.1, 0.15) is 24.8 Å². The van der Waals surface area contributed by atoms with E-state index < -0.39 is 5.97 Å². The van der Waals surface area contributed by atoms with Gasteiger partial charge in [0.05, 0.1) is 6.42 Å². The predicted octanol–water partition coefficient (Wildman–Crippen LogP) is 1.63. The maximum Gasteiger partial charge on any atom is 0.304 e. The Morgan fingerprint density at radius 1 is 1.00 bits per heavy atom. The predicted molar refractivity (Wildman–Crippen MR) is 84.7 cm³/mol. The highest BCUT2D eigenvalue weighted by Gasteiger charge is 2.20. The Kier molecular flexibility index (Phi) is 6.40. The highest BCUT2D eigenvalue weighted by Crippen LogP contribution is 2.09. The van der Waals surface area contributed by atoms with E-state index in [0.717, 1.165) is 25.9 Å². The van der Waals surface area contributed by atoms with Gasteiger partial charge < -0.3 is 10.0 Å². The van der Waals surface area contributed by atoms with Crippen LogP contribution in [-0.4, -0.2) is 59.5 Å². The molecule has 1 heterocycles. The van der Waals surface area contributed by atoms with Gasteiger partial charge in [0.15, 0.2) is 0 Å². The average Bonchev–Trinajstić information content (AvgIpc) is 2.54. The summed E-state index contributed by atoms with van der Waals surface area (Å²) in [5.41, 5.74) is 1.27. The second-order valence-corrected chi connectivity index (χ2v) is 5.71. The van der Waals surface area contributed by atoms with Crippen LogP contribution in [0, 0.1) is 0 Å². The van der Waals surface area contributed by atoms with Crippen molar-refractivity contribution in [3.05, 3.63) is 35.9 Å². The standard InChI is InChI=1S/C17H24N2O3/c20-16(8-4-7-15-5-2-1-3-6-15)19-13-11-18(12-14-19)10-9-17(21)22/h1-3,5-6H,4,7-14H2,(H,21,22). The van der Waals surface area contributed by atoms with Gasteiger partial charge in [-0.3, -0.25) is 14.5 Å². The fourth-order valence-corrected chi connectivity index (χ4v) is 2.72. The van der Waals surface area contributed by atoms with Crippen molar-refractivity contribution in [2.45, 2.75) is 25.7 Å². The van der Waals surface area contributed by atoms with Gasteiger partial charge in [-0.1, -0.05) is 30.3 Å². The van der Waals surface area contributed by atoms with Gasteiger partial charge in [-0.05, 0) is 18.4 Å². The SMILES string of the molecule is O=C(O)CCN1CCN(C(=O)CCCc2ccccc2)CC1. The van der Waals surface area contributed by atoms with E-state index in [9.17, 15) is 9.59 Å². The Morgan fingerprint density at radius 3 is 2.32 bits per heavy atom. The first-order valence-corrected chi connectivity index (χ1v) is 7.91. The number of carbonyl (C=O) groups excluding carboxylic acids is 1. The monoisotopic (exact) mass is 304 g/mol. The molecule has 0 atom stereocenters. The van der Waals surface area contributed by atoms with Gasteiger partial charge >= 0.3 is 5.97 Å². The molecule has 0 unspecified atom stereocenters. The number of carboxylic acids is 1. The van der Waals surface area contributed by atoms with E-state index in [2.05, 4.69) is 17.0 Å². The molecule has 0 radical (unpaired) electrons. The van der Waals surface area contributed by atoms with Crippen molar-refractivity contribution >= 4 is 11.9 Å². The maximum atomic E-state index is 12.2. The summed E-state index contributed by atoms with van der Waals surface area (Å²) in [6, 6.07) is 10.2. The number of hydrogen-bond acceptors (Lipinski definition) is 3. The number of nitrogens with zero attached hydrogens (tertiary/aromatic N) is 2. The van der Waals surface area contributed by atoms with E-state index in [1.54, 1.807) is 0 Å². The van der Waals surface area contributed by atoms with Crippen molar-refractivity contribution in [3.63, 3.8) is 0 Å². The lowest BCUT2D eigenvalue weighted by molar-refractivity contribution is -0.138. The summed E-state index contributed by atoms with van der Waals surface area (Å²) < 4.78 is 0. The molecule has 1 aliphatic rings. The minimum atomic E-state index is -0.764. The highest BCUT2D eigenvalue weighted by atomic mass is 16.4. The van der Waals surface area contributed by atoms with Crippen LogP contribution in [0.3, 0.4) is 0 Å². The molecule has 5 heteroatoms. The number of aliphatic carboxylic acids is 1. The summed E-state index contributed by atoms with van der Waals surface area (Å²) >= 11 is 0. The summed E-state index contributed by atoms with van der Waals surface area (Å²) in [5, 5.41) is 8.68. The molecular weight excluding hydrogens is 280 g/mol. The lowest BCUT2D eigenvalue weighted by Gasteiger charge is -2.34. The summed E-state index contributed by atoms with van der Waals surface area (Å²) in [7, 11) is 0. The van der Waals surface area contributed by atoms with E-state index >= 15 is 0 Å². The zero-order valence-electron chi connectivity index (χ0n) is 12.9. The van der Waals surface area contributed by atoms with Gasteiger partial charge in [0.25, 0.3) is 0 Å². The number of carbonyl (C=O) groups is 2. The first kappa shape index (κ1) is 16.5. The molecule has 1 aliphatic heterocycles. The molecule has 1 amide bonds. The van der Waals surface area contributed by atoms with Gasteiger partial charge in [-0.2, -0.15) is 0 Å². The van der Waals surface area contributed by atoms with Crippen molar-refractivity contribution in [2.24, 2.45) is 0 Å². The molecule has 1 aromatic rings. The fourth-order valence-electron chi connectivity index (χ4n) is 2.72. The topological polar surface area (TPSA) is 60.9 Å². The Balaban J connectivity index is 1.64. The minimum absolute atomic E-state index is 0.172. The Bertz CT molecular complexity index is 482.